The molecule has 1 aromatic carbocycles. The van der Waals surface area contributed by atoms with Crippen LogP contribution in [0.4, 0.5) is 4.79 Å². The van der Waals surface area contributed by atoms with Crippen LogP contribution in [0.1, 0.15) is 64.5 Å². The number of benzene rings is 1. The minimum Gasteiger partial charge on any atom is -0.494 e. The van der Waals surface area contributed by atoms with Crippen molar-refractivity contribution in [2.75, 3.05) is 13.2 Å². The van der Waals surface area contributed by atoms with Gasteiger partial charge < -0.3 is 20.1 Å². The predicted octanol–water partition coefficient (Wildman–Crippen LogP) is 2.92. The Morgan fingerprint density at radius 3 is 2.61 bits per heavy atom. The van der Waals surface area contributed by atoms with Crippen LogP contribution in [-0.4, -0.2) is 47.5 Å². The summed E-state index contributed by atoms with van der Waals surface area (Å²) in [5.41, 5.74) is 0.997. The number of carbonyl (C=O) groups is 3. The zero-order chi connectivity index (χ0) is 22.6. The molecule has 1 aromatic rings. The lowest BCUT2D eigenvalue weighted by Gasteiger charge is -2.25. The maximum atomic E-state index is 13.0. The highest BCUT2D eigenvalue weighted by Gasteiger charge is 2.50. The number of urea groups is 1. The number of hydrogen-bond acceptors (Lipinski definition) is 5. The number of amides is 4. The maximum Gasteiger partial charge on any atom is 0.325 e. The molecule has 1 saturated heterocycles. The van der Waals surface area contributed by atoms with Crippen LogP contribution in [0.5, 0.6) is 11.5 Å². The normalized spacial score (nSPS) is 19.1. The number of nitrogens with zero attached hydrogens (tertiary/aromatic N) is 1. The standard InChI is InChI=1S/C23H33N3O5/c1-5-8-23(9-6-2)21(28)26(22(29)25-23)14-20(27)24-13-17-12-19-16(10-15(4)31-19)11-18(17)30-7-3/h11-12,15H,5-10,13-14H2,1-4H3,(H,24,27)(H,25,29)/t15-/m0/s1. The third-order valence-corrected chi connectivity index (χ3v) is 5.76. The van der Waals surface area contributed by atoms with E-state index < -0.39 is 17.5 Å². The summed E-state index contributed by atoms with van der Waals surface area (Å²) in [5, 5.41) is 5.64. The molecule has 2 aliphatic heterocycles. The number of rotatable bonds is 10. The monoisotopic (exact) mass is 431 g/mol. The Bertz CT molecular complexity index is 848. The molecule has 1 atom stereocenters. The van der Waals surface area contributed by atoms with Gasteiger partial charge in [0.05, 0.1) is 6.61 Å². The van der Waals surface area contributed by atoms with Gasteiger partial charge in [-0.2, -0.15) is 0 Å². The van der Waals surface area contributed by atoms with Crippen LogP contribution in [0.3, 0.4) is 0 Å². The Hall–Kier alpha value is -2.77. The van der Waals surface area contributed by atoms with Crippen molar-refractivity contribution < 1.29 is 23.9 Å². The highest BCUT2D eigenvalue weighted by Crippen LogP contribution is 2.35. The number of ether oxygens (including phenoxy) is 2. The van der Waals surface area contributed by atoms with Crippen molar-refractivity contribution in [1.82, 2.24) is 15.5 Å². The Morgan fingerprint density at radius 2 is 1.97 bits per heavy atom. The van der Waals surface area contributed by atoms with E-state index in [4.69, 9.17) is 9.47 Å². The average Bonchev–Trinajstić information content (AvgIpc) is 3.18. The molecule has 8 heteroatoms. The van der Waals surface area contributed by atoms with Crippen molar-refractivity contribution >= 4 is 17.8 Å². The van der Waals surface area contributed by atoms with Gasteiger partial charge in [-0.3, -0.25) is 14.5 Å². The van der Waals surface area contributed by atoms with Crippen molar-refractivity contribution in [1.29, 1.82) is 0 Å². The lowest BCUT2D eigenvalue weighted by Crippen LogP contribution is -2.47. The zero-order valence-corrected chi connectivity index (χ0v) is 18.9. The van der Waals surface area contributed by atoms with Crippen LogP contribution in [0.15, 0.2) is 12.1 Å². The number of fused-ring (bicyclic) bond motifs is 1. The van der Waals surface area contributed by atoms with Gasteiger partial charge in [-0.15, -0.1) is 0 Å². The topological polar surface area (TPSA) is 97.0 Å². The number of hydrogen-bond donors (Lipinski definition) is 2. The second-order valence-corrected chi connectivity index (χ2v) is 8.31. The van der Waals surface area contributed by atoms with Crippen molar-refractivity contribution in [2.24, 2.45) is 0 Å². The van der Waals surface area contributed by atoms with Crippen LogP contribution in [0.2, 0.25) is 0 Å². The minimum atomic E-state index is -0.892. The van der Waals surface area contributed by atoms with Crippen LogP contribution >= 0.6 is 0 Å². The molecule has 2 aliphatic rings. The van der Waals surface area contributed by atoms with Crippen molar-refractivity contribution in [3.8, 4) is 11.5 Å². The van der Waals surface area contributed by atoms with E-state index in [2.05, 4.69) is 10.6 Å². The molecular weight excluding hydrogens is 398 g/mol. The second-order valence-electron chi connectivity index (χ2n) is 8.31. The van der Waals surface area contributed by atoms with Gasteiger partial charge in [0, 0.05) is 24.1 Å². The van der Waals surface area contributed by atoms with E-state index in [9.17, 15) is 14.4 Å². The van der Waals surface area contributed by atoms with Gasteiger partial charge in [0.15, 0.2) is 0 Å². The highest BCUT2D eigenvalue weighted by atomic mass is 16.5. The summed E-state index contributed by atoms with van der Waals surface area (Å²) in [4.78, 5) is 39.0. The fraction of sp³-hybridized carbons (Fsp3) is 0.609. The van der Waals surface area contributed by atoms with E-state index in [1.807, 2.05) is 39.8 Å². The molecule has 170 valence electrons. The van der Waals surface area contributed by atoms with Crippen LogP contribution in [0, 0.1) is 0 Å². The first-order chi connectivity index (χ1) is 14.8. The molecule has 8 nitrogen and oxygen atoms in total. The summed E-state index contributed by atoms with van der Waals surface area (Å²) in [6.07, 6.45) is 3.60. The lowest BCUT2D eigenvalue weighted by atomic mass is 9.88. The third kappa shape index (κ3) is 4.78. The number of imide groups is 1. The molecule has 0 bridgehead atoms. The van der Waals surface area contributed by atoms with E-state index >= 15 is 0 Å². The first-order valence-electron chi connectivity index (χ1n) is 11.2. The van der Waals surface area contributed by atoms with E-state index in [0.29, 0.717) is 25.2 Å². The summed E-state index contributed by atoms with van der Waals surface area (Å²) in [6.45, 7) is 8.30. The fourth-order valence-corrected chi connectivity index (χ4v) is 4.44. The lowest BCUT2D eigenvalue weighted by molar-refractivity contribution is -0.135. The van der Waals surface area contributed by atoms with Crippen molar-refractivity contribution in [2.45, 2.75) is 78.0 Å². The van der Waals surface area contributed by atoms with Gasteiger partial charge in [0.2, 0.25) is 5.91 Å². The Morgan fingerprint density at radius 1 is 1.26 bits per heavy atom. The molecular formula is C23H33N3O5. The molecule has 0 aromatic heterocycles. The van der Waals surface area contributed by atoms with Gasteiger partial charge in [0.1, 0.15) is 29.7 Å². The Labute approximate surface area is 183 Å². The average molecular weight is 432 g/mol. The number of nitrogens with one attached hydrogen (secondary N) is 2. The van der Waals surface area contributed by atoms with Gasteiger partial charge in [-0.1, -0.05) is 26.7 Å². The summed E-state index contributed by atoms with van der Waals surface area (Å²) in [5.74, 6) is 0.799. The molecule has 0 radical (unpaired) electrons. The van der Waals surface area contributed by atoms with Gasteiger partial charge in [0.25, 0.3) is 5.91 Å². The molecule has 2 heterocycles. The fourth-order valence-electron chi connectivity index (χ4n) is 4.44. The Kier molecular flexibility index (Phi) is 7.08. The van der Waals surface area contributed by atoms with Gasteiger partial charge in [-0.05, 0) is 38.8 Å². The summed E-state index contributed by atoms with van der Waals surface area (Å²) in [7, 11) is 0. The summed E-state index contributed by atoms with van der Waals surface area (Å²) < 4.78 is 11.6. The van der Waals surface area contributed by atoms with Gasteiger partial charge >= 0.3 is 6.03 Å². The van der Waals surface area contributed by atoms with Crippen molar-refractivity contribution in [3.63, 3.8) is 0 Å². The van der Waals surface area contributed by atoms with E-state index in [1.165, 1.54) is 0 Å². The molecule has 1 fully saturated rings. The van der Waals surface area contributed by atoms with Crippen molar-refractivity contribution in [3.05, 3.63) is 23.3 Å². The Balaban J connectivity index is 1.66. The quantitative estimate of drug-likeness (QED) is 0.555. The van der Waals surface area contributed by atoms with E-state index in [0.717, 1.165) is 41.0 Å². The highest BCUT2D eigenvalue weighted by molar-refractivity contribution is 6.09. The molecule has 0 spiro atoms. The van der Waals surface area contributed by atoms with Gasteiger partial charge in [-0.25, -0.2) is 4.79 Å². The molecule has 0 unspecified atom stereocenters. The molecule has 31 heavy (non-hydrogen) atoms. The first-order valence-corrected chi connectivity index (χ1v) is 11.2. The van der Waals surface area contributed by atoms with Crippen LogP contribution in [0.25, 0.3) is 0 Å². The maximum absolute atomic E-state index is 13.0. The summed E-state index contributed by atoms with van der Waals surface area (Å²) >= 11 is 0. The smallest absolute Gasteiger partial charge is 0.325 e. The third-order valence-electron chi connectivity index (χ3n) is 5.76. The minimum absolute atomic E-state index is 0.112. The molecule has 0 aliphatic carbocycles. The second kappa shape index (κ2) is 9.58. The SMILES string of the molecule is CCCC1(CCC)NC(=O)N(CC(=O)NCc2cc3c(cc2OCC)C[C@H](C)O3)C1=O. The molecule has 0 saturated carbocycles. The van der Waals surface area contributed by atoms with E-state index in [1.54, 1.807) is 0 Å². The zero-order valence-electron chi connectivity index (χ0n) is 18.9. The van der Waals surface area contributed by atoms with Crippen LogP contribution < -0.4 is 20.1 Å². The molecule has 2 N–H and O–H groups in total. The number of carbonyl (C=O) groups excluding carboxylic acids is 3. The first kappa shape index (κ1) is 22.9. The molecule has 3 rings (SSSR count). The van der Waals surface area contributed by atoms with Crippen LogP contribution in [-0.2, 0) is 22.6 Å². The summed E-state index contributed by atoms with van der Waals surface area (Å²) in [6, 6.07) is 3.35. The van der Waals surface area contributed by atoms with E-state index in [-0.39, 0.29) is 25.1 Å². The largest absolute Gasteiger partial charge is 0.494 e. The molecule has 4 amide bonds. The predicted molar refractivity (Wildman–Crippen MR) is 116 cm³/mol.